The number of hydrogen-bond donors (Lipinski definition) is 2. The van der Waals surface area contributed by atoms with Crippen molar-refractivity contribution < 1.29 is 14.7 Å². The van der Waals surface area contributed by atoms with Crippen LogP contribution in [0.5, 0.6) is 0 Å². The summed E-state index contributed by atoms with van der Waals surface area (Å²) in [6, 6.07) is 0. The lowest BCUT2D eigenvalue weighted by molar-refractivity contribution is -0.0789. The molecule has 0 saturated carbocycles. The first-order valence-electron chi connectivity index (χ1n) is 7.42. The molecule has 1 aromatic heterocycles. The van der Waals surface area contributed by atoms with Crippen LogP contribution in [0.3, 0.4) is 0 Å². The Morgan fingerprint density at radius 3 is 2.73 bits per heavy atom. The van der Waals surface area contributed by atoms with E-state index in [2.05, 4.69) is 11.9 Å². The molecule has 0 atom stereocenters. The second-order valence-corrected chi connectivity index (χ2v) is 5.86. The Balaban J connectivity index is 2.77. The van der Waals surface area contributed by atoms with Crippen LogP contribution in [-0.2, 0) is 4.74 Å². The van der Waals surface area contributed by atoms with Gasteiger partial charge in [-0.15, -0.1) is 16.5 Å². The highest BCUT2D eigenvalue weighted by Gasteiger charge is 2.13. The number of aromatic nitrogens is 2. The number of rotatable bonds is 11. The van der Waals surface area contributed by atoms with Gasteiger partial charge in [0.05, 0.1) is 13.2 Å². The van der Waals surface area contributed by atoms with E-state index in [1.807, 2.05) is 0 Å². The van der Waals surface area contributed by atoms with Crippen molar-refractivity contribution in [3.63, 3.8) is 0 Å². The Morgan fingerprint density at radius 1 is 1.27 bits per heavy atom. The van der Waals surface area contributed by atoms with E-state index in [4.69, 9.17) is 14.7 Å². The van der Waals surface area contributed by atoms with Gasteiger partial charge < -0.3 is 14.7 Å². The fraction of sp³-hybridized carbons (Fsp3) is 0.714. The Morgan fingerprint density at radius 2 is 2.05 bits per heavy atom. The summed E-state index contributed by atoms with van der Waals surface area (Å²) in [6.07, 6.45) is 4.47. The van der Waals surface area contributed by atoms with E-state index in [0.29, 0.717) is 10.6 Å². The summed E-state index contributed by atoms with van der Waals surface area (Å²) in [6.45, 7) is 3.63. The molecule has 0 aliphatic carbocycles. The molecule has 0 aliphatic rings. The van der Waals surface area contributed by atoms with Crippen molar-refractivity contribution in [3.8, 4) is 0 Å². The highest BCUT2D eigenvalue weighted by atomic mass is 32.2. The maximum atomic E-state index is 11.9. The molecule has 2 N–H and O–H groups in total. The largest absolute Gasteiger partial charge is 0.394 e. The lowest BCUT2D eigenvalue weighted by atomic mass is 10.2. The van der Waals surface area contributed by atoms with Gasteiger partial charge in [0.1, 0.15) is 5.03 Å². The average molecular weight is 332 g/mol. The third-order valence-corrected chi connectivity index (χ3v) is 4.23. The molecule has 0 fully saturated rings. The van der Waals surface area contributed by atoms with Crippen LogP contribution in [0, 0.1) is 6.92 Å². The lowest BCUT2D eigenvalue weighted by Crippen LogP contribution is -2.37. The van der Waals surface area contributed by atoms with Crippen LogP contribution in [0.15, 0.2) is 14.6 Å². The summed E-state index contributed by atoms with van der Waals surface area (Å²) in [4.78, 5) is 31.1. The first kappa shape index (κ1) is 18.8. The topological polar surface area (TPSA) is 93.6 Å². The van der Waals surface area contributed by atoms with Crippen molar-refractivity contribution in [1.29, 1.82) is 0 Å². The number of aromatic amines is 1. The van der Waals surface area contributed by atoms with Gasteiger partial charge in [-0.3, -0.25) is 9.78 Å². The number of unbranched alkanes of at least 4 members (excludes halogenated alkanes) is 3. The molecular weight excluding hydrogens is 308 g/mol. The van der Waals surface area contributed by atoms with Crippen LogP contribution < -0.4 is 16.1 Å². The summed E-state index contributed by atoms with van der Waals surface area (Å²) in [5.74, 6) is 0.810. The van der Waals surface area contributed by atoms with Crippen molar-refractivity contribution in [3.05, 3.63) is 26.4 Å². The maximum Gasteiger partial charge on any atom is 0.362 e. The van der Waals surface area contributed by atoms with E-state index >= 15 is 0 Å². The van der Waals surface area contributed by atoms with E-state index in [1.54, 1.807) is 6.92 Å². The number of H-pyrrole nitrogens is 1. The molecule has 0 bridgehead atoms. The van der Waals surface area contributed by atoms with Crippen molar-refractivity contribution in [1.82, 2.24) is 9.71 Å². The molecule has 1 aromatic rings. The van der Waals surface area contributed by atoms with E-state index in [0.717, 1.165) is 29.7 Å². The van der Waals surface area contributed by atoms with Gasteiger partial charge in [0.25, 0.3) is 5.56 Å². The molecular formula is C14H24N2O5S. The van der Waals surface area contributed by atoms with Crippen LogP contribution in [0.25, 0.3) is 0 Å². The summed E-state index contributed by atoms with van der Waals surface area (Å²) in [7, 11) is 0. The molecule has 0 spiro atoms. The number of ether oxygens (including phenoxy) is 1. The van der Waals surface area contributed by atoms with Gasteiger partial charge in [-0.05, 0) is 19.1 Å². The number of nitrogens with zero attached hydrogens (tertiary/aromatic N) is 1. The number of aliphatic hydroxyl groups excluding tert-OH is 1. The molecule has 0 amide bonds. The number of aliphatic hydroxyl groups is 1. The van der Waals surface area contributed by atoms with E-state index in [-0.39, 0.29) is 20.0 Å². The molecule has 1 heterocycles. The minimum absolute atomic E-state index is 0.122. The molecule has 7 nitrogen and oxygen atoms in total. The first-order valence-corrected chi connectivity index (χ1v) is 8.41. The fourth-order valence-electron chi connectivity index (χ4n) is 1.78. The van der Waals surface area contributed by atoms with Crippen LogP contribution in [0.4, 0.5) is 0 Å². The Hall–Kier alpha value is -1.25. The minimum Gasteiger partial charge on any atom is -0.394 e. The highest BCUT2D eigenvalue weighted by molar-refractivity contribution is 7.99. The smallest absolute Gasteiger partial charge is 0.362 e. The second kappa shape index (κ2) is 10.5. The van der Waals surface area contributed by atoms with E-state index in [1.165, 1.54) is 18.2 Å². The van der Waals surface area contributed by atoms with Crippen LogP contribution in [-0.4, -0.2) is 40.6 Å². The Bertz CT molecular complexity index is 555. The summed E-state index contributed by atoms with van der Waals surface area (Å²) in [5, 5.41) is 9.14. The third-order valence-electron chi connectivity index (χ3n) is 2.99. The SMILES string of the molecule is CCCCCCSc1c(C)c(=O)[nH]c(=O)n1OCOCCO. The summed E-state index contributed by atoms with van der Waals surface area (Å²) in [5.41, 5.74) is -0.585. The van der Waals surface area contributed by atoms with Gasteiger partial charge in [0.2, 0.25) is 6.79 Å². The van der Waals surface area contributed by atoms with Gasteiger partial charge in [0.15, 0.2) is 0 Å². The molecule has 22 heavy (non-hydrogen) atoms. The lowest BCUT2D eigenvalue weighted by Gasteiger charge is -2.14. The maximum absolute atomic E-state index is 11.9. The quantitative estimate of drug-likeness (QED) is 0.271. The molecule has 0 aliphatic heterocycles. The average Bonchev–Trinajstić information content (AvgIpc) is 2.50. The zero-order valence-corrected chi connectivity index (χ0v) is 13.9. The van der Waals surface area contributed by atoms with Crippen molar-refractivity contribution in [2.24, 2.45) is 0 Å². The fourth-order valence-corrected chi connectivity index (χ4v) is 2.88. The van der Waals surface area contributed by atoms with E-state index in [9.17, 15) is 9.59 Å². The monoisotopic (exact) mass is 332 g/mol. The van der Waals surface area contributed by atoms with E-state index < -0.39 is 11.2 Å². The van der Waals surface area contributed by atoms with Crippen molar-refractivity contribution in [2.75, 3.05) is 25.8 Å². The molecule has 126 valence electrons. The van der Waals surface area contributed by atoms with Gasteiger partial charge >= 0.3 is 5.69 Å². The zero-order valence-electron chi connectivity index (χ0n) is 13.1. The predicted octanol–water partition coefficient (Wildman–Crippen LogP) is 0.912. The zero-order chi connectivity index (χ0) is 16.4. The standard InChI is InChI=1S/C14H24N2O5S/c1-3-4-5-6-9-22-13-11(2)12(18)15-14(19)16(13)21-10-20-8-7-17/h17H,3-10H2,1-2H3,(H,15,18,19). The Labute approximate surface area is 133 Å². The summed E-state index contributed by atoms with van der Waals surface area (Å²) < 4.78 is 6.05. The molecule has 0 radical (unpaired) electrons. The molecule has 8 heteroatoms. The molecule has 1 rings (SSSR count). The van der Waals surface area contributed by atoms with Crippen LogP contribution >= 0.6 is 11.8 Å². The Kier molecular flexibility index (Phi) is 8.95. The second-order valence-electron chi connectivity index (χ2n) is 4.77. The number of hydrogen-bond acceptors (Lipinski definition) is 6. The highest BCUT2D eigenvalue weighted by Crippen LogP contribution is 2.19. The first-order chi connectivity index (χ1) is 10.6. The molecule has 0 unspecified atom stereocenters. The number of nitrogens with one attached hydrogen (secondary N) is 1. The minimum atomic E-state index is -0.626. The van der Waals surface area contributed by atoms with Crippen LogP contribution in [0.2, 0.25) is 0 Å². The van der Waals surface area contributed by atoms with Crippen molar-refractivity contribution in [2.45, 2.75) is 44.6 Å². The third kappa shape index (κ3) is 5.86. The van der Waals surface area contributed by atoms with Gasteiger partial charge in [-0.2, -0.15) is 0 Å². The van der Waals surface area contributed by atoms with Gasteiger partial charge in [-0.25, -0.2) is 4.79 Å². The number of thioether (sulfide) groups is 1. The predicted molar refractivity (Wildman–Crippen MR) is 85.4 cm³/mol. The van der Waals surface area contributed by atoms with Crippen molar-refractivity contribution >= 4 is 11.8 Å². The molecule has 0 saturated heterocycles. The van der Waals surface area contributed by atoms with Gasteiger partial charge in [0, 0.05) is 5.56 Å². The summed E-state index contributed by atoms with van der Waals surface area (Å²) >= 11 is 1.43. The van der Waals surface area contributed by atoms with Crippen LogP contribution in [0.1, 0.15) is 38.2 Å². The molecule has 0 aromatic carbocycles. The normalized spacial score (nSPS) is 10.9. The van der Waals surface area contributed by atoms with Gasteiger partial charge in [-0.1, -0.05) is 26.2 Å².